The average molecular weight is 230 g/mol. The van der Waals surface area contributed by atoms with E-state index in [-0.39, 0.29) is 5.92 Å². The Labute approximate surface area is 96.4 Å². The Balaban J connectivity index is 2.38. The summed E-state index contributed by atoms with van der Waals surface area (Å²) in [5, 5.41) is 22.0. The van der Waals surface area contributed by atoms with Gasteiger partial charge in [0.1, 0.15) is 6.04 Å². The zero-order valence-corrected chi connectivity index (χ0v) is 10.2. The number of aliphatic carboxylic acids is 1. The molecule has 1 saturated carbocycles. The Morgan fingerprint density at radius 1 is 1.56 bits per heavy atom. The van der Waals surface area contributed by atoms with E-state index in [0.717, 1.165) is 12.8 Å². The molecule has 3 N–H and O–H groups in total. The maximum atomic E-state index is 11.0. The first-order valence-electron chi connectivity index (χ1n) is 5.65. The summed E-state index contributed by atoms with van der Waals surface area (Å²) < 4.78 is 0. The predicted molar refractivity (Wildman–Crippen MR) is 61.3 cm³/mol. The van der Waals surface area contributed by atoms with Crippen LogP contribution in [0.15, 0.2) is 0 Å². The molecular formula is C11H22N2O3. The lowest BCUT2D eigenvalue weighted by atomic mass is 10.1. The van der Waals surface area contributed by atoms with Crippen molar-refractivity contribution < 1.29 is 15.0 Å². The van der Waals surface area contributed by atoms with Gasteiger partial charge in [-0.25, -0.2) is 0 Å². The fraction of sp³-hybridized carbons (Fsp3) is 0.909. The van der Waals surface area contributed by atoms with Crippen molar-refractivity contribution in [3.05, 3.63) is 0 Å². The summed E-state index contributed by atoms with van der Waals surface area (Å²) in [4.78, 5) is 12.8. The molecule has 0 aromatic heterocycles. The van der Waals surface area contributed by atoms with E-state index < -0.39 is 17.6 Å². The van der Waals surface area contributed by atoms with E-state index in [1.807, 2.05) is 19.0 Å². The first kappa shape index (κ1) is 13.4. The van der Waals surface area contributed by atoms with Crippen molar-refractivity contribution in [3.63, 3.8) is 0 Å². The topological polar surface area (TPSA) is 72.8 Å². The molecular weight excluding hydrogens is 208 g/mol. The summed E-state index contributed by atoms with van der Waals surface area (Å²) >= 11 is 0. The van der Waals surface area contributed by atoms with Crippen molar-refractivity contribution in [2.75, 3.05) is 27.2 Å². The number of hydrogen-bond donors (Lipinski definition) is 3. The number of nitrogens with zero attached hydrogens (tertiary/aromatic N) is 1. The zero-order chi connectivity index (χ0) is 12.3. The maximum Gasteiger partial charge on any atom is 0.320 e. The molecule has 0 aliphatic heterocycles. The van der Waals surface area contributed by atoms with Crippen molar-refractivity contribution in [1.82, 2.24) is 10.2 Å². The summed E-state index contributed by atoms with van der Waals surface area (Å²) in [6.07, 6.45) is 1.94. The number of likely N-dealkylation sites (N-methyl/N-ethyl adjacent to an activating group) is 1. The number of aliphatic hydroxyl groups is 1. The lowest BCUT2D eigenvalue weighted by Gasteiger charge is -2.28. The zero-order valence-electron chi connectivity index (χ0n) is 10.2. The van der Waals surface area contributed by atoms with Gasteiger partial charge in [-0.2, -0.15) is 0 Å². The molecule has 5 nitrogen and oxygen atoms in total. The third-order valence-electron chi connectivity index (χ3n) is 2.72. The van der Waals surface area contributed by atoms with E-state index in [4.69, 9.17) is 5.11 Å². The fourth-order valence-corrected chi connectivity index (χ4v) is 1.95. The number of nitrogens with one attached hydrogen (secondary N) is 1. The van der Waals surface area contributed by atoms with Crippen LogP contribution in [0, 0.1) is 5.92 Å². The molecule has 0 heterocycles. The van der Waals surface area contributed by atoms with Gasteiger partial charge in [0.05, 0.1) is 5.60 Å². The van der Waals surface area contributed by atoms with Crippen molar-refractivity contribution in [1.29, 1.82) is 0 Å². The van der Waals surface area contributed by atoms with Crippen LogP contribution >= 0.6 is 0 Å². The molecule has 0 spiro atoms. The van der Waals surface area contributed by atoms with Gasteiger partial charge >= 0.3 is 5.97 Å². The van der Waals surface area contributed by atoms with Crippen LogP contribution in [0.3, 0.4) is 0 Å². The molecule has 16 heavy (non-hydrogen) atoms. The smallest absolute Gasteiger partial charge is 0.320 e. The Bertz CT molecular complexity index is 250. The standard InChI is InChI=1S/C11H22N2O3/c1-11(16,7-13(2)3)6-12-9(10(14)15)8-4-5-8/h8-9,12,16H,4-7H2,1-3H3,(H,14,15). The van der Waals surface area contributed by atoms with Crippen LogP contribution in [0.2, 0.25) is 0 Å². The molecule has 0 amide bonds. The minimum absolute atomic E-state index is 0.243. The summed E-state index contributed by atoms with van der Waals surface area (Å²) in [5.41, 5.74) is -0.897. The van der Waals surface area contributed by atoms with Crippen molar-refractivity contribution >= 4 is 5.97 Å². The lowest BCUT2D eigenvalue weighted by molar-refractivity contribution is -0.140. The number of carboxylic acid groups (broad SMARTS) is 1. The van der Waals surface area contributed by atoms with Gasteiger partial charge < -0.3 is 20.4 Å². The van der Waals surface area contributed by atoms with Crippen molar-refractivity contribution in [2.24, 2.45) is 5.92 Å². The van der Waals surface area contributed by atoms with E-state index in [1.54, 1.807) is 6.92 Å². The van der Waals surface area contributed by atoms with E-state index in [2.05, 4.69) is 5.32 Å². The molecule has 5 heteroatoms. The van der Waals surface area contributed by atoms with Gasteiger partial charge in [0.15, 0.2) is 0 Å². The van der Waals surface area contributed by atoms with Gasteiger partial charge in [-0.1, -0.05) is 0 Å². The highest BCUT2D eigenvalue weighted by molar-refractivity contribution is 5.74. The van der Waals surface area contributed by atoms with E-state index in [9.17, 15) is 9.90 Å². The van der Waals surface area contributed by atoms with Crippen LogP contribution in [0.5, 0.6) is 0 Å². The van der Waals surface area contributed by atoms with Gasteiger partial charge in [0.25, 0.3) is 0 Å². The van der Waals surface area contributed by atoms with Gasteiger partial charge in [-0.05, 0) is 39.8 Å². The van der Waals surface area contributed by atoms with Crippen LogP contribution in [0.25, 0.3) is 0 Å². The maximum absolute atomic E-state index is 11.0. The Kier molecular flexibility index (Phi) is 4.29. The van der Waals surface area contributed by atoms with Gasteiger partial charge in [0.2, 0.25) is 0 Å². The largest absolute Gasteiger partial charge is 0.480 e. The Hall–Kier alpha value is -0.650. The second-order valence-electron chi connectivity index (χ2n) is 5.27. The molecule has 1 rings (SSSR count). The molecule has 1 fully saturated rings. The van der Waals surface area contributed by atoms with E-state index in [0.29, 0.717) is 13.1 Å². The van der Waals surface area contributed by atoms with Crippen molar-refractivity contribution in [3.8, 4) is 0 Å². The molecule has 0 bridgehead atoms. The fourth-order valence-electron chi connectivity index (χ4n) is 1.95. The second-order valence-corrected chi connectivity index (χ2v) is 5.27. The molecule has 0 saturated heterocycles. The van der Waals surface area contributed by atoms with Crippen LogP contribution < -0.4 is 5.32 Å². The third kappa shape index (κ3) is 4.47. The average Bonchev–Trinajstić information content (AvgIpc) is 2.84. The molecule has 0 radical (unpaired) electrons. The highest BCUT2D eigenvalue weighted by Gasteiger charge is 2.37. The summed E-state index contributed by atoms with van der Waals surface area (Å²) in [5.74, 6) is -0.573. The number of carboxylic acids is 1. The quantitative estimate of drug-likeness (QED) is 0.562. The highest BCUT2D eigenvalue weighted by Crippen LogP contribution is 2.32. The third-order valence-corrected chi connectivity index (χ3v) is 2.72. The molecule has 0 aromatic carbocycles. The van der Waals surface area contributed by atoms with Crippen LogP contribution in [0.4, 0.5) is 0 Å². The van der Waals surface area contributed by atoms with Gasteiger partial charge in [-0.3, -0.25) is 4.79 Å². The van der Waals surface area contributed by atoms with Gasteiger partial charge in [0, 0.05) is 13.1 Å². The SMILES string of the molecule is CN(C)CC(C)(O)CNC(C(=O)O)C1CC1. The molecule has 2 unspecified atom stereocenters. The number of rotatable bonds is 7. The van der Waals surface area contributed by atoms with Gasteiger partial charge in [-0.15, -0.1) is 0 Å². The molecule has 1 aliphatic rings. The molecule has 2 atom stereocenters. The van der Waals surface area contributed by atoms with E-state index >= 15 is 0 Å². The van der Waals surface area contributed by atoms with Crippen LogP contribution in [-0.2, 0) is 4.79 Å². The Morgan fingerprint density at radius 3 is 2.50 bits per heavy atom. The first-order chi connectivity index (χ1) is 7.32. The summed E-state index contributed by atoms with van der Waals surface area (Å²) in [6.45, 7) is 2.53. The molecule has 0 aromatic rings. The monoisotopic (exact) mass is 230 g/mol. The normalized spacial score (nSPS) is 21.8. The lowest BCUT2D eigenvalue weighted by Crippen LogP contribution is -2.50. The minimum Gasteiger partial charge on any atom is -0.480 e. The van der Waals surface area contributed by atoms with Crippen molar-refractivity contribution in [2.45, 2.75) is 31.4 Å². The predicted octanol–water partition coefficient (Wildman–Crippen LogP) is -0.248. The number of carbonyl (C=O) groups is 1. The summed E-state index contributed by atoms with van der Waals surface area (Å²) in [7, 11) is 3.76. The molecule has 1 aliphatic carbocycles. The Morgan fingerprint density at radius 2 is 2.12 bits per heavy atom. The summed E-state index contributed by atoms with van der Waals surface area (Å²) in [6, 6.07) is -0.506. The second kappa shape index (κ2) is 5.12. The van der Waals surface area contributed by atoms with Crippen LogP contribution in [0.1, 0.15) is 19.8 Å². The highest BCUT2D eigenvalue weighted by atomic mass is 16.4. The van der Waals surface area contributed by atoms with Crippen LogP contribution in [-0.4, -0.2) is 59.9 Å². The van der Waals surface area contributed by atoms with E-state index in [1.165, 1.54) is 0 Å². The number of hydrogen-bond acceptors (Lipinski definition) is 4. The first-order valence-corrected chi connectivity index (χ1v) is 5.65. The minimum atomic E-state index is -0.897. The molecule has 94 valence electrons.